The molecule has 2 aromatic rings. The number of benzene rings is 1. The molecule has 3 N–H and O–H groups in total. The molecular weight excluding hydrogens is 269 g/mol. The summed E-state index contributed by atoms with van der Waals surface area (Å²) in [4.78, 5) is 11.1. The number of anilines is 3. The van der Waals surface area contributed by atoms with Crippen molar-refractivity contribution in [2.24, 2.45) is 5.84 Å². The molecule has 0 bridgehead atoms. The first-order chi connectivity index (χ1) is 10.2. The van der Waals surface area contributed by atoms with Gasteiger partial charge >= 0.3 is 0 Å². The van der Waals surface area contributed by atoms with Gasteiger partial charge in [-0.1, -0.05) is 6.07 Å². The summed E-state index contributed by atoms with van der Waals surface area (Å²) in [5, 5.41) is 0. The molecule has 1 saturated carbocycles. The second-order valence-electron chi connectivity index (χ2n) is 5.56. The Balaban J connectivity index is 1.77. The predicted molar refractivity (Wildman–Crippen MR) is 78.9 cm³/mol. The van der Waals surface area contributed by atoms with Crippen molar-refractivity contribution >= 4 is 17.3 Å². The fraction of sp³-hybridized carbons (Fsp3) is 0.333. The van der Waals surface area contributed by atoms with Crippen molar-refractivity contribution in [3.63, 3.8) is 0 Å². The van der Waals surface area contributed by atoms with Gasteiger partial charge in [0.15, 0.2) is 0 Å². The van der Waals surface area contributed by atoms with Crippen LogP contribution < -0.4 is 16.2 Å². The zero-order chi connectivity index (χ0) is 14.4. The minimum Gasteiger partial charge on any atom is -0.326 e. The molecule has 4 rings (SSSR count). The lowest BCUT2D eigenvalue weighted by molar-refractivity contribution is 0.628. The van der Waals surface area contributed by atoms with Gasteiger partial charge < -0.3 is 10.3 Å². The molecule has 108 valence electrons. The van der Waals surface area contributed by atoms with E-state index in [0.717, 1.165) is 48.7 Å². The van der Waals surface area contributed by atoms with Gasteiger partial charge in [0, 0.05) is 24.2 Å². The summed E-state index contributed by atoms with van der Waals surface area (Å²) in [6.07, 6.45) is 3.14. The maximum absolute atomic E-state index is 13.5. The molecule has 1 aromatic heterocycles. The maximum atomic E-state index is 13.5. The summed E-state index contributed by atoms with van der Waals surface area (Å²) in [6, 6.07) is 6.73. The molecule has 1 fully saturated rings. The van der Waals surface area contributed by atoms with Crippen LogP contribution in [0.1, 0.15) is 30.1 Å². The fourth-order valence-electron chi connectivity index (χ4n) is 2.78. The van der Waals surface area contributed by atoms with Crippen LogP contribution in [0.2, 0.25) is 0 Å². The van der Waals surface area contributed by atoms with Crippen LogP contribution in [0.25, 0.3) is 0 Å². The number of aromatic nitrogens is 2. The van der Waals surface area contributed by atoms with Crippen molar-refractivity contribution in [1.29, 1.82) is 0 Å². The van der Waals surface area contributed by atoms with Crippen LogP contribution in [0, 0.1) is 5.82 Å². The van der Waals surface area contributed by atoms with Crippen LogP contribution in [-0.2, 0) is 6.42 Å². The normalized spacial score (nSPS) is 17.0. The van der Waals surface area contributed by atoms with Crippen LogP contribution in [-0.4, -0.2) is 16.5 Å². The Morgan fingerprint density at radius 1 is 1.24 bits per heavy atom. The number of hydrogen-bond acceptors (Lipinski definition) is 5. The molecule has 1 aromatic carbocycles. The molecule has 0 atom stereocenters. The largest absolute Gasteiger partial charge is 0.326 e. The number of hydrazine groups is 1. The quantitative estimate of drug-likeness (QED) is 0.670. The zero-order valence-corrected chi connectivity index (χ0v) is 11.5. The molecule has 21 heavy (non-hydrogen) atoms. The maximum Gasteiger partial charge on any atom is 0.145 e. The van der Waals surface area contributed by atoms with Gasteiger partial charge in [-0.15, -0.1) is 0 Å². The Hall–Kier alpha value is -2.21. The Labute approximate surface area is 122 Å². The molecule has 5 nitrogen and oxygen atoms in total. The summed E-state index contributed by atoms with van der Waals surface area (Å²) in [5.41, 5.74) is 4.63. The van der Waals surface area contributed by atoms with Gasteiger partial charge in [-0.3, -0.25) is 0 Å². The topological polar surface area (TPSA) is 67.1 Å². The van der Waals surface area contributed by atoms with E-state index in [9.17, 15) is 4.39 Å². The minimum atomic E-state index is -0.228. The summed E-state index contributed by atoms with van der Waals surface area (Å²) in [5.74, 6) is 7.93. The molecule has 2 aliphatic rings. The molecule has 0 radical (unpaired) electrons. The number of nitrogens with one attached hydrogen (secondary N) is 1. The van der Waals surface area contributed by atoms with Crippen LogP contribution in [0.5, 0.6) is 0 Å². The highest BCUT2D eigenvalue weighted by Crippen LogP contribution is 2.40. The molecule has 0 saturated heterocycles. The number of halogens is 1. The zero-order valence-electron chi connectivity index (χ0n) is 11.5. The van der Waals surface area contributed by atoms with Gasteiger partial charge in [-0.2, -0.15) is 0 Å². The van der Waals surface area contributed by atoms with Crippen molar-refractivity contribution in [3.05, 3.63) is 41.5 Å². The molecular formula is C15H16FN5. The van der Waals surface area contributed by atoms with Crippen LogP contribution in [0.4, 0.5) is 21.7 Å². The molecule has 0 unspecified atom stereocenters. The molecule has 0 spiro atoms. The van der Waals surface area contributed by atoms with Gasteiger partial charge in [-0.25, -0.2) is 20.2 Å². The van der Waals surface area contributed by atoms with E-state index in [0.29, 0.717) is 11.7 Å². The van der Waals surface area contributed by atoms with Crippen LogP contribution in [0.3, 0.4) is 0 Å². The Morgan fingerprint density at radius 2 is 2.10 bits per heavy atom. The van der Waals surface area contributed by atoms with E-state index in [1.807, 2.05) is 17.0 Å². The first-order valence-electron chi connectivity index (χ1n) is 7.16. The molecule has 1 aliphatic heterocycles. The van der Waals surface area contributed by atoms with E-state index in [4.69, 9.17) is 5.84 Å². The Morgan fingerprint density at radius 3 is 2.86 bits per heavy atom. The Bertz CT molecular complexity index is 698. The minimum absolute atomic E-state index is 0.228. The third-order valence-corrected chi connectivity index (χ3v) is 4.04. The number of hydrogen-bond donors (Lipinski definition) is 2. The smallest absolute Gasteiger partial charge is 0.145 e. The predicted octanol–water partition coefficient (Wildman–Crippen LogP) is 2.47. The van der Waals surface area contributed by atoms with E-state index < -0.39 is 0 Å². The van der Waals surface area contributed by atoms with Crippen molar-refractivity contribution < 1.29 is 4.39 Å². The first kappa shape index (κ1) is 12.5. The van der Waals surface area contributed by atoms with Crippen molar-refractivity contribution in [2.75, 3.05) is 16.9 Å². The summed E-state index contributed by atoms with van der Waals surface area (Å²) >= 11 is 0. The summed E-state index contributed by atoms with van der Waals surface area (Å²) in [6.45, 7) is 0.796. The highest BCUT2D eigenvalue weighted by molar-refractivity contribution is 5.69. The average molecular weight is 285 g/mol. The van der Waals surface area contributed by atoms with Crippen LogP contribution in [0.15, 0.2) is 24.3 Å². The molecule has 0 amide bonds. The van der Waals surface area contributed by atoms with E-state index in [1.165, 1.54) is 6.07 Å². The lowest BCUT2D eigenvalue weighted by atomic mass is 10.2. The van der Waals surface area contributed by atoms with Crippen molar-refractivity contribution in [3.8, 4) is 0 Å². The molecule has 1 aliphatic carbocycles. The Kier molecular flexibility index (Phi) is 2.78. The van der Waals surface area contributed by atoms with Gasteiger partial charge in [0.1, 0.15) is 23.3 Å². The van der Waals surface area contributed by atoms with E-state index in [2.05, 4.69) is 15.4 Å². The average Bonchev–Trinajstić information content (AvgIpc) is 3.27. The summed E-state index contributed by atoms with van der Waals surface area (Å²) < 4.78 is 13.5. The van der Waals surface area contributed by atoms with Gasteiger partial charge in [0.05, 0.1) is 0 Å². The molecule has 2 heterocycles. The monoisotopic (exact) mass is 285 g/mol. The lowest BCUT2D eigenvalue weighted by Crippen LogP contribution is -2.18. The second-order valence-corrected chi connectivity index (χ2v) is 5.56. The highest BCUT2D eigenvalue weighted by Gasteiger charge is 2.29. The highest BCUT2D eigenvalue weighted by atomic mass is 19.1. The third-order valence-electron chi connectivity index (χ3n) is 4.04. The van der Waals surface area contributed by atoms with Crippen molar-refractivity contribution in [1.82, 2.24) is 9.97 Å². The lowest BCUT2D eigenvalue weighted by Gasteiger charge is -2.19. The van der Waals surface area contributed by atoms with Gasteiger partial charge in [0.2, 0.25) is 0 Å². The van der Waals surface area contributed by atoms with E-state index >= 15 is 0 Å². The number of nitrogens with zero attached hydrogens (tertiary/aromatic N) is 3. The van der Waals surface area contributed by atoms with Gasteiger partial charge in [0.25, 0.3) is 0 Å². The van der Waals surface area contributed by atoms with Crippen molar-refractivity contribution in [2.45, 2.75) is 25.2 Å². The number of fused-ring (bicyclic) bond motifs is 1. The summed E-state index contributed by atoms with van der Waals surface area (Å²) in [7, 11) is 0. The first-order valence-corrected chi connectivity index (χ1v) is 7.16. The molecule has 6 heteroatoms. The number of nitrogens with two attached hydrogens (primary N) is 1. The van der Waals surface area contributed by atoms with E-state index in [1.54, 1.807) is 6.07 Å². The number of nitrogen functional groups attached to an aromatic ring is 1. The SMILES string of the molecule is NNc1cc(N2CCc3ccc(F)cc32)nc(C2CC2)n1. The van der Waals surface area contributed by atoms with Gasteiger partial charge in [-0.05, 0) is 37.0 Å². The number of rotatable bonds is 3. The fourth-order valence-corrected chi connectivity index (χ4v) is 2.78. The standard InChI is InChI=1S/C15H16FN5/c16-11-4-3-9-5-6-21(12(9)7-11)14-8-13(20-17)18-15(19-14)10-1-2-10/h3-4,7-8,10H,1-2,5-6,17H2,(H,18,19,20). The van der Waals surface area contributed by atoms with Crippen LogP contribution >= 0.6 is 0 Å². The third kappa shape index (κ3) is 2.21. The van der Waals surface area contributed by atoms with E-state index in [-0.39, 0.29) is 5.82 Å². The second kappa shape index (κ2) is 4.66.